The van der Waals surface area contributed by atoms with Gasteiger partial charge in [0.15, 0.2) is 5.65 Å². The minimum absolute atomic E-state index is 0.00447. The van der Waals surface area contributed by atoms with Crippen LogP contribution in [0.3, 0.4) is 0 Å². The van der Waals surface area contributed by atoms with Gasteiger partial charge in [0.1, 0.15) is 17.3 Å². The van der Waals surface area contributed by atoms with Crippen molar-refractivity contribution in [3.8, 4) is 23.0 Å². The molecule has 1 atom stereocenters. The van der Waals surface area contributed by atoms with Crippen LogP contribution in [0.2, 0.25) is 0 Å². The lowest BCUT2D eigenvalue weighted by Gasteiger charge is -2.21. The van der Waals surface area contributed by atoms with E-state index in [0.717, 1.165) is 12.3 Å². The molecule has 0 aliphatic heterocycles. The van der Waals surface area contributed by atoms with Crippen molar-refractivity contribution in [3.05, 3.63) is 77.2 Å². The first kappa shape index (κ1) is 28.6. The van der Waals surface area contributed by atoms with Crippen LogP contribution in [0.5, 0.6) is 0 Å². The molecule has 40 heavy (non-hydrogen) atoms. The van der Waals surface area contributed by atoms with Crippen LogP contribution in [0.4, 0.5) is 14.7 Å². The first-order valence-electron chi connectivity index (χ1n) is 12.3. The zero-order chi connectivity index (χ0) is 29.2. The molecule has 0 fully saturated rings. The highest BCUT2D eigenvalue weighted by Gasteiger charge is 2.23. The Morgan fingerprint density at radius 1 is 1.07 bits per heavy atom. The first-order valence-corrected chi connectivity index (χ1v) is 14.2. The predicted molar refractivity (Wildman–Crippen MR) is 148 cm³/mol. The summed E-state index contributed by atoms with van der Waals surface area (Å²) in [5.74, 6) is 4.33. The second kappa shape index (κ2) is 11.0. The third-order valence-electron chi connectivity index (χ3n) is 5.56. The smallest absolute Gasteiger partial charge is 0.242 e. The number of nitrogens with zero attached hydrogens (tertiary/aromatic N) is 4. The molecule has 2 N–H and O–H groups in total. The summed E-state index contributed by atoms with van der Waals surface area (Å²) in [6.07, 6.45) is 2.63. The molecular weight excluding hydrogens is 538 g/mol. The maximum Gasteiger partial charge on any atom is 0.242 e. The van der Waals surface area contributed by atoms with Crippen LogP contribution in [0.15, 0.2) is 48.7 Å². The summed E-state index contributed by atoms with van der Waals surface area (Å²) in [5, 5.41) is 11.0. The Balaban J connectivity index is 1.93. The van der Waals surface area contributed by atoms with Gasteiger partial charge in [-0.25, -0.2) is 22.2 Å². The van der Waals surface area contributed by atoms with Crippen molar-refractivity contribution in [2.75, 3.05) is 11.0 Å². The van der Waals surface area contributed by atoms with Crippen molar-refractivity contribution in [1.29, 1.82) is 0 Å². The fraction of sp³-hybridized carbons (Fsp3) is 0.286. The van der Waals surface area contributed by atoms with E-state index in [0.29, 0.717) is 33.7 Å². The van der Waals surface area contributed by atoms with Crippen molar-refractivity contribution < 1.29 is 22.0 Å². The number of carbonyl (C=O) groups is 1. The van der Waals surface area contributed by atoms with Gasteiger partial charge in [0.25, 0.3) is 0 Å². The van der Waals surface area contributed by atoms with E-state index in [-0.39, 0.29) is 23.7 Å². The normalized spacial score (nSPS) is 12.5. The van der Waals surface area contributed by atoms with Crippen molar-refractivity contribution in [2.45, 2.75) is 40.2 Å². The number of aromatic nitrogens is 4. The fourth-order valence-electron chi connectivity index (χ4n) is 4.08. The van der Waals surface area contributed by atoms with Gasteiger partial charge in [0.05, 0.1) is 18.0 Å². The van der Waals surface area contributed by atoms with Gasteiger partial charge in [-0.15, -0.1) is 10.2 Å². The molecule has 4 rings (SSSR count). The summed E-state index contributed by atoms with van der Waals surface area (Å²) < 4.78 is 55.5. The lowest BCUT2D eigenvalue weighted by molar-refractivity contribution is -0.119. The van der Waals surface area contributed by atoms with Gasteiger partial charge in [-0.05, 0) is 75.1 Å². The number of rotatable bonds is 7. The van der Waals surface area contributed by atoms with Gasteiger partial charge >= 0.3 is 0 Å². The summed E-state index contributed by atoms with van der Waals surface area (Å²) in [5.41, 5.74) is 2.24. The number of carbonyl (C=O) groups excluding carboxylic acids is 1. The molecule has 9 nitrogen and oxygen atoms in total. The summed E-state index contributed by atoms with van der Waals surface area (Å²) in [6, 6.07) is 9.29. The van der Waals surface area contributed by atoms with Gasteiger partial charge in [0, 0.05) is 35.7 Å². The van der Waals surface area contributed by atoms with Crippen LogP contribution in [-0.4, -0.2) is 40.2 Å². The zero-order valence-electron chi connectivity index (χ0n) is 22.6. The summed E-state index contributed by atoms with van der Waals surface area (Å²) in [7, 11) is -3.63. The lowest BCUT2D eigenvalue weighted by atomic mass is 9.94. The molecule has 208 valence electrons. The molecule has 12 heteroatoms. The van der Waals surface area contributed by atoms with Crippen molar-refractivity contribution in [2.24, 2.45) is 5.41 Å². The molecule has 0 saturated carbocycles. The highest BCUT2D eigenvalue weighted by atomic mass is 32.2. The maximum absolute atomic E-state index is 14.0. The van der Waals surface area contributed by atoms with Gasteiger partial charge < -0.3 is 5.32 Å². The Bertz CT molecular complexity index is 1750. The number of hydrogen-bond acceptors (Lipinski definition) is 6. The third-order valence-corrected chi connectivity index (χ3v) is 6.11. The molecule has 3 aromatic heterocycles. The molecular formula is C28H28F2N6O3S. The molecule has 0 bridgehead atoms. The van der Waals surface area contributed by atoms with Gasteiger partial charge in [-0.1, -0.05) is 5.92 Å². The summed E-state index contributed by atoms with van der Waals surface area (Å²) in [6.45, 7) is 7.22. The van der Waals surface area contributed by atoms with E-state index in [1.807, 2.05) is 20.8 Å². The molecule has 0 radical (unpaired) electrons. The second-order valence-corrected chi connectivity index (χ2v) is 12.1. The van der Waals surface area contributed by atoms with E-state index < -0.39 is 27.7 Å². The van der Waals surface area contributed by atoms with Crippen LogP contribution < -0.4 is 10.0 Å². The van der Waals surface area contributed by atoms with E-state index in [1.165, 1.54) is 23.5 Å². The molecule has 0 aliphatic rings. The number of sulfonamides is 1. The summed E-state index contributed by atoms with van der Waals surface area (Å²) >= 11 is 0. The summed E-state index contributed by atoms with van der Waals surface area (Å²) in [4.78, 5) is 17.1. The number of amides is 1. The molecule has 0 aliphatic carbocycles. The average Bonchev–Trinajstić information content (AvgIpc) is 3.22. The third kappa shape index (κ3) is 7.18. The van der Waals surface area contributed by atoms with Gasteiger partial charge in [0.2, 0.25) is 21.9 Å². The minimum Gasteiger partial charge on any atom is -0.348 e. The quantitative estimate of drug-likeness (QED) is 0.323. The molecule has 0 spiro atoms. The van der Waals surface area contributed by atoms with Crippen LogP contribution in [0.1, 0.15) is 50.7 Å². The Kier molecular flexibility index (Phi) is 7.88. The predicted octanol–water partition coefficient (Wildman–Crippen LogP) is 4.26. The molecule has 0 saturated heterocycles. The number of benzene rings is 1. The Labute approximate surface area is 231 Å². The monoisotopic (exact) mass is 566 g/mol. The lowest BCUT2D eigenvalue weighted by Crippen LogP contribution is -2.29. The number of hydrogen-bond donors (Lipinski definition) is 2. The zero-order valence-corrected chi connectivity index (χ0v) is 23.4. The topological polar surface area (TPSA) is 118 Å². The molecule has 4 aromatic rings. The van der Waals surface area contributed by atoms with Crippen molar-refractivity contribution >= 4 is 27.5 Å². The van der Waals surface area contributed by atoms with E-state index in [1.54, 1.807) is 30.5 Å². The number of nitrogens with one attached hydrogen (secondary N) is 2. The second-order valence-electron chi connectivity index (χ2n) is 10.4. The number of halogens is 2. The SMILES string of the molecule is CC(=O)N[C@@H](Cc1cc(F)cc(F)c1)c1nc(C#CC(C)(C)C)ccc1-c1cccn2c(NS(C)(=O)=O)nnc12. The van der Waals surface area contributed by atoms with E-state index in [4.69, 9.17) is 4.98 Å². The van der Waals surface area contributed by atoms with Crippen LogP contribution in [0, 0.1) is 28.9 Å². The van der Waals surface area contributed by atoms with Gasteiger partial charge in [-0.3, -0.25) is 13.9 Å². The first-order chi connectivity index (χ1) is 18.7. The fourth-order valence-corrected chi connectivity index (χ4v) is 4.55. The van der Waals surface area contributed by atoms with E-state index in [2.05, 4.69) is 32.1 Å². The maximum atomic E-state index is 14.0. The van der Waals surface area contributed by atoms with E-state index in [9.17, 15) is 22.0 Å². The Hall–Kier alpha value is -4.37. The van der Waals surface area contributed by atoms with Crippen molar-refractivity contribution in [1.82, 2.24) is 24.9 Å². The Morgan fingerprint density at radius 3 is 2.40 bits per heavy atom. The average molecular weight is 567 g/mol. The number of fused-ring (bicyclic) bond motifs is 1. The van der Waals surface area contributed by atoms with Crippen LogP contribution in [-0.2, 0) is 21.2 Å². The van der Waals surface area contributed by atoms with E-state index >= 15 is 0 Å². The standard InChI is InChI=1S/C28H28F2N6O3S/c1-17(37)31-24(15-18-13-19(29)16-20(30)14-18)25-22(9-8-21(32-25)10-11-28(2,3)4)23-7-6-12-36-26(23)33-34-27(36)35-40(5,38)39/h6-9,12-14,16,24H,15H2,1-5H3,(H,31,37)(H,34,35)/t24-/m0/s1. The van der Waals surface area contributed by atoms with Crippen LogP contribution >= 0.6 is 0 Å². The van der Waals surface area contributed by atoms with Gasteiger partial charge in [-0.2, -0.15) is 0 Å². The highest BCUT2D eigenvalue weighted by Crippen LogP contribution is 2.32. The highest BCUT2D eigenvalue weighted by molar-refractivity contribution is 7.92. The Morgan fingerprint density at radius 2 is 1.77 bits per heavy atom. The van der Waals surface area contributed by atoms with Crippen LogP contribution in [0.25, 0.3) is 16.8 Å². The molecule has 0 unspecified atom stereocenters. The molecule has 1 amide bonds. The number of anilines is 1. The molecule has 3 heterocycles. The molecule has 1 aromatic carbocycles. The number of pyridine rings is 2. The van der Waals surface area contributed by atoms with Crippen molar-refractivity contribution in [3.63, 3.8) is 0 Å². The largest absolute Gasteiger partial charge is 0.348 e. The minimum atomic E-state index is -3.63.